The molecule has 1 amide bonds. The van der Waals surface area contributed by atoms with Crippen molar-refractivity contribution >= 4 is 17.8 Å². The Morgan fingerprint density at radius 1 is 1.32 bits per heavy atom. The Labute approximate surface area is 112 Å². The van der Waals surface area contributed by atoms with E-state index in [0.29, 0.717) is 19.4 Å². The third kappa shape index (κ3) is 7.24. The van der Waals surface area contributed by atoms with Crippen molar-refractivity contribution in [1.29, 1.82) is 0 Å². The van der Waals surface area contributed by atoms with Crippen molar-refractivity contribution in [2.75, 3.05) is 6.54 Å². The molecule has 0 rings (SSSR count). The van der Waals surface area contributed by atoms with Crippen molar-refractivity contribution in [3.8, 4) is 0 Å². The Bertz CT molecular complexity index is 339. The van der Waals surface area contributed by atoms with Gasteiger partial charge in [0.05, 0.1) is 6.04 Å². The van der Waals surface area contributed by atoms with Gasteiger partial charge in [-0.25, -0.2) is 4.79 Å². The maximum absolute atomic E-state index is 11.7. The normalized spacial score (nSPS) is 13.7. The van der Waals surface area contributed by atoms with Gasteiger partial charge in [-0.15, -0.1) is 0 Å². The second-order valence-corrected chi connectivity index (χ2v) is 4.62. The third-order valence-corrected chi connectivity index (χ3v) is 2.53. The van der Waals surface area contributed by atoms with Gasteiger partial charge in [-0.1, -0.05) is 13.8 Å². The van der Waals surface area contributed by atoms with Gasteiger partial charge >= 0.3 is 5.97 Å². The summed E-state index contributed by atoms with van der Waals surface area (Å²) >= 11 is 0. The molecule has 0 aromatic heterocycles. The van der Waals surface area contributed by atoms with Crippen LogP contribution >= 0.6 is 0 Å². The van der Waals surface area contributed by atoms with Gasteiger partial charge < -0.3 is 27.6 Å². The van der Waals surface area contributed by atoms with Crippen LogP contribution in [-0.2, 0) is 9.59 Å². The van der Waals surface area contributed by atoms with Gasteiger partial charge in [-0.05, 0) is 18.8 Å². The summed E-state index contributed by atoms with van der Waals surface area (Å²) in [5.74, 6) is -1.78. The highest BCUT2D eigenvalue weighted by Gasteiger charge is 2.25. The number of hydrogen-bond donors (Lipinski definition) is 5. The predicted molar refractivity (Wildman–Crippen MR) is 72.3 cm³/mol. The molecular formula is C11H23N5O3. The number of carboxylic acid groups (broad SMARTS) is 1. The first kappa shape index (κ1) is 17.2. The van der Waals surface area contributed by atoms with Gasteiger partial charge in [0.15, 0.2) is 5.96 Å². The van der Waals surface area contributed by atoms with Crippen molar-refractivity contribution in [3.63, 3.8) is 0 Å². The van der Waals surface area contributed by atoms with Crippen molar-refractivity contribution < 1.29 is 14.7 Å². The quantitative estimate of drug-likeness (QED) is 0.208. The average molecular weight is 273 g/mol. The summed E-state index contributed by atoms with van der Waals surface area (Å²) < 4.78 is 0. The molecule has 0 aromatic carbocycles. The van der Waals surface area contributed by atoms with Crippen LogP contribution in [0, 0.1) is 5.92 Å². The lowest BCUT2D eigenvalue weighted by molar-refractivity contribution is -0.143. The molecule has 0 spiro atoms. The summed E-state index contributed by atoms with van der Waals surface area (Å²) in [5.41, 5.74) is 16.0. The van der Waals surface area contributed by atoms with E-state index >= 15 is 0 Å². The lowest BCUT2D eigenvalue weighted by atomic mass is 10.0. The minimum Gasteiger partial charge on any atom is -0.480 e. The Kier molecular flexibility index (Phi) is 7.50. The van der Waals surface area contributed by atoms with E-state index in [2.05, 4.69) is 10.3 Å². The number of nitrogens with one attached hydrogen (secondary N) is 1. The molecule has 2 atom stereocenters. The number of aliphatic imine (C=N–C) groups is 1. The first-order valence-corrected chi connectivity index (χ1v) is 6.09. The zero-order valence-corrected chi connectivity index (χ0v) is 11.3. The molecule has 0 saturated heterocycles. The molecule has 0 aliphatic heterocycles. The van der Waals surface area contributed by atoms with Gasteiger partial charge in [0.2, 0.25) is 5.91 Å². The van der Waals surface area contributed by atoms with Crippen LogP contribution in [0.1, 0.15) is 26.7 Å². The molecule has 0 fully saturated rings. The molecule has 0 aliphatic carbocycles. The zero-order valence-electron chi connectivity index (χ0n) is 11.3. The van der Waals surface area contributed by atoms with Crippen molar-refractivity contribution in [3.05, 3.63) is 0 Å². The largest absolute Gasteiger partial charge is 0.480 e. The van der Waals surface area contributed by atoms with E-state index in [0.717, 1.165) is 0 Å². The zero-order chi connectivity index (χ0) is 15.0. The van der Waals surface area contributed by atoms with Crippen LogP contribution in [0.25, 0.3) is 0 Å². The van der Waals surface area contributed by atoms with E-state index in [4.69, 9.17) is 22.3 Å². The van der Waals surface area contributed by atoms with Crippen LogP contribution in [0.15, 0.2) is 4.99 Å². The number of carboxylic acids is 1. The Balaban J connectivity index is 4.18. The van der Waals surface area contributed by atoms with Crippen LogP contribution in [0.3, 0.4) is 0 Å². The summed E-state index contributed by atoms with van der Waals surface area (Å²) in [7, 11) is 0. The fourth-order valence-electron chi connectivity index (χ4n) is 1.42. The van der Waals surface area contributed by atoms with Gasteiger partial charge in [0.25, 0.3) is 0 Å². The molecule has 8 N–H and O–H groups in total. The number of aliphatic carboxylic acids is 1. The fraction of sp³-hybridized carbons (Fsp3) is 0.727. The summed E-state index contributed by atoms with van der Waals surface area (Å²) in [6.07, 6.45) is 0.930. The second-order valence-electron chi connectivity index (χ2n) is 4.62. The number of rotatable bonds is 8. The predicted octanol–water partition coefficient (Wildman–Crippen LogP) is -1.41. The van der Waals surface area contributed by atoms with E-state index in [1.807, 2.05) is 0 Å². The topological polar surface area (TPSA) is 157 Å². The molecular weight excluding hydrogens is 250 g/mol. The molecule has 0 bridgehead atoms. The number of hydrogen-bond acceptors (Lipinski definition) is 4. The van der Waals surface area contributed by atoms with Crippen LogP contribution in [0.2, 0.25) is 0 Å². The van der Waals surface area contributed by atoms with Gasteiger partial charge in [0.1, 0.15) is 6.04 Å². The molecule has 0 aliphatic rings. The average Bonchev–Trinajstić information content (AvgIpc) is 2.29. The Morgan fingerprint density at radius 2 is 1.89 bits per heavy atom. The Hall–Kier alpha value is -1.83. The SMILES string of the molecule is CC(C)[C@@H](NC(=O)[C@H](N)CCCN=C(N)N)C(=O)O. The minimum absolute atomic E-state index is 0.0104. The Morgan fingerprint density at radius 3 is 2.32 bits per heavy atom. The lowest BCUT2D eigenvalue weighted by Crippen LogP contribution is -2.50. The molecule has 110 valence electrons. The molecule has 8 nitrogen and oxygen atoms in total. The summed E-state index contributed by atoms with van der Waals surface area (Å²) in [6.45, 7) is 3.81. The van der Waals surface area contributed by atoms with E-state index in [9.17, 15) is 9.59 Å². The van der Waals surface area contributed by atoms with Crippen molar-refractivity contribution in [1.82, 2.24) is 5.32 Å². The van der Waals surface area contributed by atoms with Gasteiger partial charge in [-0.2, -0.15) is 0 Å². The van der Waals surface area contributed by atoms with Crippen molar-refractivity contribution in [2.45, 2.75) is 38.8 Å². The lowest BCUT2D eigenvalue weighted by Gasteiger charge is -2.20. The summed E-state index contributed by atoms with van der Waals surface area (Å²) in [4.78, 5) is 26.4. The number of amides is 1. The number of nitrogens with zero attached hydrogens (tertiary/aromatic N) is 1. The molecule has 0 aromatic rings. The maximum atomic E-state index is 11.7. The van der Waals surface area contributed by atoms with E-state index in [1.54, 1.807) is 13.8 Å². The van der Waals surface area contributed by atoms with Crippen LogP contribution < -0.4 is 22.5 Å². The van der Waals surface area contributed by atoms with Crippen LogP contribution in [0.4, 0.5) is 0 Å². The first-order chi connectivity index (χ1) is 8.75. The van der Waals surface area contributed by atoms with E-state index in [-0.39, 0.29) is 11.9 Å². The highest BCUT2D eigenvalue weighted by atomic mass is 16.4. The third-order valence-electron chi connectivity index (χ3n) is 2.53. The molecule has 0 radical (unpaired) electrons. The minimum atomic E-state index is -1.07. The highest BCUT2D eigenvalue weighted by Crippen LogP contribution is 2.03. The van der Waals surface area contributed by atoms with Crippen LogP contribution in [0.5, 0.6) is 0 Å². The maximum Gasteiger partial charge on any atom is 0.326 e. The van der Waals surface area contributed by atoms with E-state index < -0.39 is 24.0 Å². The standard InChI is InChI=1S/C11H23N5O3/c1-6(2)8(10(18)19)16-9(17)7(12)4-3-5-15-11(13)14/h6-8H,3-5,12H2,1-2H3,(H,16,17)(H,18,19)(H4,13,14,15)/t7-,8-/m1/s1. The monoisotopic (exact) mass is 273 g/mol. The molecule has 0 unspecified atom stereocenters. The molecule has 0 heterocycles. The van der Waals surface area contributed by atoms with Gasteiger partial charge in [-0.3, -0.25) is 9.79 Å². The van der Waals surface area contributed by atoms with Gasteiger partial charge in [0, 0.05) is 6.54 Å². The fourth-order valence-corrected chi connectivity index (χ4v) is 1.42. The number of carbonyl (C=O) groups excluding carboxylic acids is 1. The number of nitrogens with two attached hydrogens (primary N) is 3. The van der Waals surface area contributed by atoms with Crippen molar-refractivity contribution in [2.24, 2.45) is 28.1 Å². The number of guanidine groups is 1. The number of carbonyl (C=O) groups is 2. The molecule has 8 heteroatoms. The summed E-state index contributed by atoms with van der Waals surface area (Å²) in [6, 6.07) is -1.70. The molecule has 0 saturated carbocycles. The molecule has 19 heavy (non-hydrogen) atoms. The summed E-state index contributed by atoms with van der Waals surface area (Å²) in [5, 5.41) is 11.4. The van der Waals surface area contributed by atoms with Crippen LogP contribution in [-0.4, -0.2) is 41.6 Å². The first-order valence-electron chi connectivity index (χ1n) is 6.09. The highest BCUT2D eigenvalue weighted by molar-refractivity contribution is 5.86. The van der Waals surface area contributed by atoms with E-state index in [1.165, 1.54) is 0 Å². The smallest absolute Gasteiger partial charge is 0.326 e. The second kappa shape index (κ2) is 8.30.